The summed E-state index contributed by atoms with van der Waals surface area (Å²) in [6.07, 6.45) is 2.36. The molecular formula is C14H21FN2S. The quantitative estimate of drug-likeness (QED) is 0.909. The second-order valence-electron chi connectivity index (χ2n) is 5.07. The second-order valence-corrected chi connectivity index (χ2v) is 6.18. The minimum Gasteiger partial charge on any atom is -0.329 e. The number of hydrogen-bond donors (Lipinski definition) is 1. The molecule has 18 heavy (non-hydrogen) atoms. The van der Waals surface area contributed by atoms with E-state index in [1.807, 2.05) is 17.8 Å². The Hall–Kier alpha value is -0.580. The fourth-order valence-electron chi connectivity index (χ4n) is 2.53. The minimum absolute atomic E-state index is 0.0786. The highest BCUT2D eigenvalue weighted by molar-refractivity contribution is 7.99. The van der Waals surface area contributed by atoms with Gasteiger partial charge in [-0.05, 0) is 43.3 Å². The van der Waals surface area contributed by atoms with E-state index in [0.717, 1.165) is 24.3 Å². The minimum atomic E-state index is -0.166. The van der Waals surface area contributed by atoms with Crippen LogP contribution < -0.4 is 5.73 Å². The molecular weight excluding hydrogens is 247 g/mol. The molecule has 0 aromatic heterocycles. The number of nitrogens with two attached hydrogens (primary N) is 1. The second kappa shape index (κ2) is 6.04. The fraction of sp³-hybridized carbons (Fsp3) is 0.571. The van der Waals surface area contributed by atoms with Crippen LogP contribution in [-0.4, -0.2) is 35.5 Å². The van der Waals surface area contributed by atoms with Gasteiger partial charge in [0, 0.05) is 24.4 Å². The van der Waals surface area contributed by atoms with Crippen LogP contribution in [-0.2, 0) is 6.54 Å². The molecule has 1 aromatic rings. The van der Waals surface area contributed by atoms with E-state index in [1.165, 1.54) is 18.2 Å². The molecule has 1 atom stereocenters. The number of nitrogens with zero attached hydrogens (tertiary/aromatic N) is 1. The van der Waals surface area contributed by atoms with Crippen LogP contribution in [0.15, 0.2) is 24.3 Å². The van der Waals surface area contributed by atoms with E-state index in [4.69, 9.17) is 5.73 Å². The smallest absolute Gasteiger partial charge is 0.123 e. The van der Waals surface area contributed by atoms with Crippen molar-refractivity contribution in [2.75, 3.05) is 25.1 Å². The predicted molar refractivity (Wildman–Crippen MR) is 76.2 cm³/mol. The molecule has 1 saturated heterocycles. The summed E-state index contributed by atoms with van der Waals surface area (Å²) in [6.45, 7) is 1.43. The molecule has 1 aliphatic heterocycles. The Balaban J connectivity index is 2.07. The average molecular weight is 268 g/mol. The topological polar surface area (TPSA) is 29.3 Å². The van der Waals surface area contributed by atoms with Gasteiger partial charge in [0.2, 0.25) is 0 Å². The molecule has 1 unspecified atom stereocenters. The molecule has 0 amide bonds. The summed E-state index contributed by atoms with van der Waals surface area (Å²) in [7, 11) is 2.10. The number of likely N-dealkylation sites (N-methyl/N-ethyl adjacent to an activating group) is 1. The zero-order chi connectivity index (χ0) is 13.0. The first-order chi connectivity index (χ1) is 8.66. The van der Waals surface area contributed by atoms with Crippen molar-refractivity contribution in [1.82, 2.24) is 4.90 Å². The number of rotatable bonds is 4. The molecule has 0 aliphatic carbocycles. The lowest BCUT2D eigenvalue weighted by atomic mass is 9.93. The number of benzene rings is 1. The summed E-state index contributed by atoms with van der Waals surface area (Å²) in [5.41, 5.74) is 7.09. The zero-order valence-electron chi connectivity index (χ0n) is 10.9. The normalized spacial score (nSPS) is 24.4. The largest absolute Gasteiger partial charge is 0.329 e. The van der Waals surface area contributed by atoms with Crippen molar-refractivity contribution in [2.24, 2.45) is 5.73 Å². The van der Waals surface area contributed by atoms with Gasteiger partial charge < -0.3 is 5.73 Å². The molecule has 1 aromatic carbocycles. The third-order valence-corrected chi connectivity index (χ3v) is 5.12. The fourth-order valence-corrected chi connectivity index (χ4v) is 3.89. The summed E-state index contributed by atoms with van der Waals surface area (Å²) < 4.78 is 13.2. The maximum absolute atomic E-state index is 13.2. The zero-order valence-corrected chi connectivity index (χ0v) is 11.7. The molecule has 0 radical (unpaired) electrons. The number of thioether (sulfide) groups is 1. The van der Waals surface area contributed by atoms with Gasteiger partial charge in [-0.1, -0.05) is 12.1 Å². The van der Waals surface area contributed by atoms with Crippen molar-refractivity contribution in [1.29, 1.82) is 0 Å². The van der Waals surface area contributed by atoms with Crippen molar-refractivity contribution >= 4 is 11.8 Å². The van der Waals surface area contributed by atoms with E-state index in [-0.39, 0.29) is 11.4 Å². The summed E-state index contributed by atoms with van der Waals surface area (Å²) in [6, 6.07) is 6.83. The molecule has 1 aliphatic rings. The Kier molecular flexibility index (Phi) is 4.65. The molecule has 100 valence electrons. The molecule has 0 spiro atoms. The molecule has 4 heteroatoms. The van der Waals surface area contributed by atoms with Gasteiger partial charge in [0.15, 0.2) is 0 Å². The average Bonchev–Trinajstić information content (AvgIpc) is 2.39. The van der Waals surface area contributed by atoms with Crippen LogP contribution in [0, 0.1) is 5.82 Å². The first kappa shape index (κ1) is 13.8. The number of hydrogen-bond acceptors (Lipinski definition) is 3. The van der Waals surface area contributed by atoms with Gasteiger partial charge >= 0.3 is 0 Å². The van der Waals surface area contributed by atoms with Gasteiger partial charge in [-0.15, -0.1) is 0 Å². The molecule has 2 N–H and O–H groups in total. The van der Waals surface area contributed by atoms with E-state index in [1.54, 1.807) is 12.1 Å². The van der Waals surface area contributed by atoms with Crippen molar-refractivity contribution in [3.05, 3.63) is 35.6 Å². The van der Waals surface area contributed by atoms with Crippen LogP contribution in [0.3, 0.4) is 0 Å². The summed E-state index contributed by atoms with van der Waals surface area (Å²) in [4.78, 5) is 2.30. The lowest BCUT2D eigenvalue weighted by molar-refractivity contribution is 0.127. The van der Waals surface area contributed by atoms with E-state index in [2.05, 4.69) is 11.9 Å². The lowest BCUT2D eigenvalue weighted by Crippen LogP contribution is -2.55. The maximum Gasteiger partial charge on any atom is 0.123 e. The van der Waals surface area contributed by atoms with Crippen molar-refractivity contribution < 1.29 is 4.39 Å². The van der Waals surface area contributed by atoms with Gasteiger partial charge in [-0.3, -0.25) is 4.90 Å². The van der Waals surface area contributed by atoms with Crippen LogP contribution in [0.2, 0.25) is 0 Å². The van der Waals surface area contributed by atoms with E-state index < -0.39 is 0 Å². The summed E-state index contributed by atoms with van der Waals surface area (Å²) >= 11 is 1.97. The van der Waals surface area contributed by atoms with Crippen molar-refractivity contribution in [3.8, 4) is 0 Å². The molecule has 2 nitrogen and oxygen atoms in total. The van der Waals surface area contributed by atoms with Crippen LogP contribution in [0.5, 0.6) is 0 Å². The Labute approximate surface area is 113 Å². The first-order valence-electron chi connectivity index (χ1n) is 6.40. The molecule has 1 fully saturated rings. The maximum atomic E-state index is 13.2. The monoisotopic (exact) mass is 268 g/mol. The van der Waals surface area contributed by atoms with Crippen LogP contribution in [0.1, 0.15) is 18.4 Å². The van der Waals surface area contributed by atoms with Gasteiger partial charge in [0.1, 0.15) is 5.82 Å². The summed E-state index contributed by atoms with van der Waals surface area (Å²) in [5, 5.41) is 0. The van der Waals surface area contributed by atoms with Crippen LogP contribution >= 0.6 is 11.8 Å². The predicted octanol–water partition coefficient (Wildman–Crippen LogP) is 2.48. The highest BCUT2D eigenvalue weighted by Gasteiger charge is 2.34. The Morgan fingerprint density at radius 1 is 1.50 bits per heavy atom. The van der Waals surface area contributed by atoms with Crippen molar-refractivity contribution in [3.63, 3.8) is 0 Å². The van der Waals surface area contributed by atoms with Gasteiger partial charge in [0.25, 0.3) is 0 Å². The molecule has 1 heterocycles. The van der Waals surface area contributed by atoms with Crippen LogP contribution in [0.25, 0.3) is 0 Å². The van der Waals surface area contributed by atoms with Crippen molar-refractivity contribution in [2.45, 2.75) is 24.9 Å². The van der Waals surface area contributed by atoms with E-state index >= 15 is 0 Å². The van der Waals surface area contributed by atoms with E-state index in [9.17, 15) is 4.39 Å². The van der Waals surface area contributed by atoms with Crippen LogP contribution in [0.4, 0.5) is 4.39 Å². The summed E-state index contributed by atoms with van der Waals surface area (Å²) in [5.74, 6) is 2.14. The highest BCUT2D eigenvalue weighted by Crippen LogP contribution is 2.31. The first-order valence-corrected chi connectivity index (χ1v) is 7.55. The van der Waals surface area contributed by atoms with Gasteiger partial charge in [-0.2, -0.15) is 11.8 Å². The Morgan fingerprint density at radius 3 is 2.94 bits per heavy atom. The Morgan fingerprint density at radius 2 is 2.33 bits per heavy atom. The standard InChI is InChI=1S/C14H21FN2S/c1-17(9-12-4-2-5-13(15)8-12)14(10-16)6-3-7-18-11-14/h2,4-5,8H,3,6-7,9-11,16H2,1H3. The Bertz CT molecular complexity index is 391. The van der Waals surface area contributed by atoms with Gasteiger partial charge in [0.05, 0.1) is 0 Å². The third kappa shape index (κ3) is 3.05. The third-order valence-electron chi connectivity index (χ3n) is 3.80. The van der Waals surface area contributed by atoms with E-state index in [0.29, 0.717) is 6.54 Å². The molecule has 0 bridgehead atoms. The highest BCUT2D eigenvalue weighted by atomic mass is 32.2. The molecule has 0 saturated carbocycles. The van der Waals surface area contributed by atoms with Gasteiger partial charge in [-0.25, -0.2) is 4.39 Å². The number of halogens is 1. The molecule has 2 rings (SSSR count). The SMILES string of the molecule is CN(Cc1cccc(F)c1)C1(CN)CCCSC1. The lowest BCUT2D eigenvalue weighted by Gasteiger charge is -2.43.